The molecule has 0 saturated heterocycles. The Hall–Kier alpha value is -1.13. The number of hydrogen-bond acceptors (Lipinski definition) is 4. The van der Waals surface area contributed by atoms with Crippen molar-refractivity contribution >= 4 is 29.2 Å². The number of methoxy groups -OCH3 is 1. The molecule has 2 unspecified atom stereocenters. The average molecular weight is 377 g/mol. The summed E-state index contributed by atoms with van der Waals surface area (Å²) in [4.78, 5) is 12.1. The van der Waals surface area contributed by atoms with E-state index in [0.29, 0.717) is 23.5 Å². The van der Waals surface area contributed by atoms with Gasteiger partial charge < -0.3 is 14.2 Å². The largest absolute Gasteiger partial charge is 0.493 e. The van der Waals surface area contributed by atoms with Gasteiger partial charge in [-0.3, -0.25) is 0 Å². The van der Waals surface area contributed by atoms with Crippen molar-refractivity contribution in [1.82, 2.24) is 0 Å². The first kappa shape index (κ1) is 20.9. The van der Waals surface area contributed by atoms with Crippen LogP contribution in [0, 0.1) is 0 Å². The lowest BCUT2D eigenvalue weighted by atomic mass is 10.2. The molecule has 0 fully saturated rings. The second-order valence-electron chi connectivity index (χ2n) is 5.49. The quantitative estimate of drug-likeness (QED) is 0.364. The highest BCUT2D eigenvalue weighted by Gasteiger charge is 2.17. The van der Waals surface area contributed by atoms with E-state index in [1.807, 2.05) is 0 Å². The number of esters is 1. The number of ether oxygens (including phenoxy) is 3. The molecule has 0 aliphatic rings. The topological polar surface area (TPSA) is 44.8 Å². The molecule has 0 aliphatic carbocycles. The van der Waals surface area contributed by atoms with Gasteiger partial charge in [-0.15, -0.1) is 0 Å². The molecule has 2 atom stereocenters. The monoisotopic (exact) mass is 376 g/mol. The highest BCUT2D eigenvalue weighted by Crippen LogP contribution is 2.31. The van der Waals surface area contributed by atoms with Gasteiger partial charge in [0.2, 0.25) is 0 Å². The summed E-state index contributed by atoms with van der Waals surface area (Å²) in [6.45, 7) is 4.15. The van der Waals surface area contributed by atoms with Crippen molar-refractivity contribution in [2.75, 3.05) is 7.11 Å². The lowest BCUT2D eigenvalue weighted by Crippen LogP contribution is -2.13. The zero-order valence-electron chi connectivity index (χ0n) is 14.5. The molecule has 0 aliphatic heterocycles. The van der Waals surface area contributed by atoms with Gasteiger partial charge in [0, 0.05) is 0 Å². The Labute approximate surface area is 154 Å². The predicted molar refractivity (Wildman–Crippen MR) is 97.4 cm³/mol. The Balaban J connectivity index is 2.72. The second kappa shape index (κ2) is 11.4. The number of halogens is 2. The van der Waals surface area contributed by atoms with Crippen molar-refractivity contribution in [3.8, 4) is 11.5 Å². The van der Waals surface area contributed by atoms with Gasteiger partial charge in [0.15, 0.2) is 22.6 Å². The van der Waals surface area contributed by atoms with Gasteiger partial charge in [0.25, 0.3) is 0 Å². The lowest BCUT2D eigenvalue weighted by Gasteiger charge is -2.16. The first-order valence-electron chi connectivity index (χ1n) is 8.35. The Kier molecular flexibility index (Phi) is 9.96. The Morgan fingerprint density at radius 3 is 2.25 bits per heavy atom. The molecule has 0 heterocycles. The summed E-state index contributed by atoms with van der Waals surface area (Å²) in [6.07, 6.45) is 5.32. The van der Waals surface area contributed by atoms with Gasteiger partial charge in [0.05, 0.1) is 12.7 Å². The average Bonchev–Trinajstić information content (AvgIpc) is 2.58. The van der Waals surface area contributed by atoms with E-state index in [1.165, 1.54) is 7.11 Å². The van der Waals surface area contributed by atoms with Gasteiger partial charge in [-0.25, -0.2) is 4.79 Å². The first-order chi connectivity index (χ1) is 11.5. The maximum absolute atomic E-state index is 12.1. The van der Waals surface area contributed by atoms with Crippen molar-refractivity contribution < 1.29 is 19.0 Å². The molecule has 4 nitrogen and oxygen atoms in total. The minimum absolute atomic E-state index is 0.362. The predicted octanol–water partition coefficient (Wildman–Crippen LogP) is 5.74. The number of unbranched alkanes of at least 4 members (excludes halogenated alkanes) is 2. The summed E-state index contributed by atoms with van der Waals surface area (Å²) in [7, 11) is 1.51. The van der Waals surface area contributed by atoms with E-state index >= 15 is 0 Å². The minimum atomic E-state index is -0.624. The van der Waals surface area contributed by atoms with Crippen LogP contribution in [0.15, 0.2) is 18.2 Å². The molecular formula is C18H26Cl2O4. The molecule has 0 radical (unpaired) electrons. The van der Waals surface area contributed by atoms with Gasteiger partial charge in [-0.2, -0.15) is 0 Å². The van der Waals surface area contributed by atoms with E-state index in [2.05, 4.69) is 13.8 Å². The third kappa shape index (κ3) is 7.18. The summed E-state index contributed by atoms with van der Waals surface area (Å²) in [5, 5.41) is 0. The van der Waals surface area contributed by atoms with Crippen LogP contribution in [-0.4, -0.2) is 24.2 Å². The lowest BCUT2D eigenvalue weighted by molar-refractivity contribution is 0.0433. The van der Waals surface area contributed by atoms with Crippen molar-refractivity contribution in [3.63, 3.8) is 0 Å². The van der Waals surface area contributed by atoms with Gasteiger partial charge in [-0.05, 0) is 43.9 Å². The van der Waals surface area contributed by atoms with Crippen LogP contribution in [0.1, 0.15) is 62.7 Å². The summed E-state index contributed by atoms with van der Waals surface area (Å²) in [5.74, 6) is 0.453. The molecule has 6 heteroatoms. The van der Waals surface area contributed by atoms with Crippen molar-refractivity contribution in [2.45, 2.75) is 63.5 Å². The number of carbonyl (C=O) groups is 1. The fourth-order valence-electron chi connectivity index (χ4n) is 2.06. The molecule has 0 amide bonds. The SMILES string of the molecule is CCCCC(Cl)OC(=O)c1ccc(OC(Cl)CCCC)c(OC)c1. The third-order valence-corrected chi connectivity index (χ3v) is 4.07. The summed E-state index contributed by atoms with van der Waals surface area (Å²) < 4.78 is 16.2. The minimum Gasteiger partial charge on any atom is -0.493 e. The molecule has 0 N–H and O–H groups in total. The van der Waals surface area contributed by atoms with Crippen LogP contribution < -0.4 is 9.47 Å². The van der Waals surface area contributed by atoms with Crippen LogP contribution in [0.3, 0.4) is 0 Å². The Bertz CT molecular complexity index is 508. The summed E-state index contributed by atoms with van der Waals surface area (Å²) in [5.41, 5.74) is -0.695. The van der Waals surface area contributed by atoms with E-state index in [9.17, 15) is 4.79 Å². The van der Waals surface area contributed by atoms with Gasteiger partial charge in [0.1, 0.15) is 0 Å². The molecule has 0 saturated carbocycles. The van der Waals surface area contributed by atoms with Crippen LogP contribution >= 0.6 is 23.2 Å². The molecule has 0 aromatic heterocycles. The van der Waals surface area contributed by atoms with Crippen molar-refractivity contribution in [1.29, 1.82) is 0 Å². The van der Waals surface area contributed by atoms with Crippen LogP contribution in [-0.2, 0) is 4.74 Å². The second-order valence-corrected chi connectivity index (χ2v) is 6.47. The van der Waals surface area contributed by atoms with E-state index in [1.54, 1.807) is 18.2 Å². The molecular weight excluding hydrogens is 351 g/mol. The maximum atomic E-state index is 12.1. The maximum Gasteiger partial charge on any atom is 0.339 e. The zero-order valence-corrected chi connectivity index (χ0v) is 16.0. The highest BCUT2D eigenvalue weighted by atomic mass is 35.5. The van der Waals surface area contributed by atoms with Crippen LogP contribution in [0.4, 0.5) is 0 Å². The fraction of sp³-hybridized carbons (Fsp3) is 0.611. The number of hydrogen-bond donors (Lipinski definition) is 0. The van der Waals surface area contributed by atoms with E-state index in [4.69, 9.17) is 37.4 Å². The van der Waals surface area contributed by atoms with Gasteiger partial charge in [-0.1, -0.05) is 49.9 Å². The first-order valence-corrected chi connectivity index (χ1v) is 9.22. The zero-order chi connectivity index (χ0) is 17.9. The number of alkyl halides is 2. The third-order valence-electron chi connectivity index (χ3n) is 3.46. The van der Waals surface area contributed by atoms with Crippen LogP contribution in [0.5, 0.6) is 11.5 Å². The summed E-state index contributed by atoms with van der Waals surface area (Å²) in [6, 6.07) is 4.85. The number of carbonyl (C=O) groups excluding carboxylic acids is 1. The molecule has 1 rings (SSSR count). The Morgan fingerprint density at radius 2 is 1.67 bits per heavy atom. The Morgan fingerprint density at radius 1 is 1.04 bits per heavy atom. The van der Waals surface area contributed by atoms with E-state index in [-0.39, 0.29) is 0 Å². The van der Waals surface area contributed by atoms with E-state index in [0.717, 1.165) is 32.1 Å². The van der Waals surface area contributed by atoms with Crippen LogP contribution in [0.2, 0.25) is 0 Å². The van der Waals surface area contributed by atoms with Crippen molar-refractivity contribution in [3.05, 3.63) is 23.8 Å². The van der Waals surface area contributed by atoms with Crippen LogP contribution in [0.25, 0.3) is 0 Å². The molecule has 0 bridgehead atoms. The normalized spacial score (nSPS) is 13.2. The smallest absolute Gasteiger partial charge is 0.339 e. The standard InChI is InChI=1S/C18H26Cl2O4/c1-4-6-8-16(19)23-14-11-10-13(12-15(14)22-3)18(21)24-17(20)9-7-5-2/h10-12,16-17H,4-9H2,1-3H3. The summed E-state index contributed by atoms with van der Waals surface area (Å²) >= 11 is 12.2. The molecule has 136 valence electrons. The molecule has 1 aromatic carbocycles. The number of benzene rings is 1. The van der Waals surface area contributed by atoms with E-state index < -0.39 is 17.1 Å². The highest BCUT2D eigenvalue weighted by molar-refractivity contribution is 6.20. The fourth-order valence-corrected chi connectivity index (χ4v) is 2.55. The molecule has 0 spiro atoms. The van der Waals surface area contributed by atoms with Crippen molar-refractivity contribution in [2.24, 2.45) is 0 Å². The molecule has 24 heavy (non-hydrogen) atoms. The molecule has 1 aromatic rings. The number of rotatable bonds is 11. The van der Waals surface area contributed by atoms with Gasteiger partial charge >= 0.3 is 5.97 Å².